The quantitative estimate of drug-likeness (QED) is 0.583. The van der Waals surface area contributed by atoms with Crippen molar-refractivity contribution >= 4 is 6.09 Å². The van der Waals surface area contributed by atoms with Crippen LogP contribution in [0.5, 0.6) is 11.5 Å². The summed E-state index contributed by atoms with van der Waals surface area (Å²) in [6, 6.07) is 6.14. The minimum Gasteiger partial charge on any atom is -0.497 e. The van der Waals surface area contributed by atoms with Gasteiger partial charge in [-0.2, -0.15) is 0 Å². The first-order chi connectivity index (χ1) is 15.1. The molecule has 174 valence electrons. The van der Waals surface area contributed by atoms with E-state index in [1.54, 1.807) is 12.0 Å². The van der Waals surface area contributed by atoms with Crippen molar-refractivity contribution in [3.05, 3.63) is 23.8 Å². The van der Waals surface area contributed by atoms with Crippen molar-refractivity contribution in [3.63, 3.8) is 0 Å². The van der Waals surface area contributed by atoms with E-state index in [9.17, 15) is 9.90 Å². The summed E-state index contributed by atoms with van der Waals surface area (Å²) in [7, 11) is 1.64. The molecule has 2 heterocycles. The number of hydrogen-bond acceptors (Lipinski definition) is 7. The molecule has 3 rings (SSSR count). The number of nitrogens with zero attached hydrogens (tertiary/aromatic N) is 2. The van der Waals surface area contributed by atoms with Gasteiger partial charge >= 0.3 is 6.09 Å². The molecule has 0 aromatic heterocycles. The number of nitrogens with one attached hydrogen (secondary N) is 1. The molecule has 0 bridgehead atoms. The topological polar surface area (TPSA) is 83.5 Å². The number of likely N-dealkylation sites (tertiary alicyclic amines) is 2. The number of aliphatic hydroxyl groups excluding tert-OH is 1. The number of amides is 1. The number of methoxy groups -OCH3 is 1. The lowest BCUT2D eigenvalue weighted by molar-refractivity contribution is 0.0752. The lowest BCUT2D eigenvalue weighted by atomic mass is 10.0. The first kappa shape index (κ1) is 23.6. The normalized spacial score (nSPS) is 18.7. The Bertz CT molecular complexity index is 688. The second-order valence-electron chi connectivity index (χ2n) is 8.29. The summed E-state index contributed by atoms with van der Waals surface area (Å²) in [5.41, 5.74) is 1.03. The number of ether oxygens (including phenoxy) is 3. The number of rotatable bonds is 10. The molecule has 0 spiro atoms. The van der Waals surface area contributed by atoms with E-state index in [4.69, 9.17) is 14.2 Å². The number of aliphatic hydroxyl groups is 1. The van der Waals surface area contributed by atoms with Crippen molar-refractivity contribution < 1.29 is 24.1 Å². The van der Waals surface area contributed by atoms with Crippen LogP contribution in [-0.2, 0) is 11.3 Å². The SMILES string of the molecule is CCOC(=O)N1CCC(NCc2ccc(OC)cc2OC[C@H](O)CN2CCCC2)CC1. The van der Waals surface area contributed by atoms with Crippen LogP contribution >= 0.6 is 0 Å². The van der Waals surface area contributed by atoms with Crippen molar-refractivity contribution in [1.82, 2.24) is 15.1 Å². The molecule has 8 heteroatoms. The van der Waals surface area contributed by atoms with Crippen molar-refractivity contribution in [3.8, 4) is 11.5 Å². The van der Waals surface area contributed by atoms with Gasteiger partial charge in [-0.05, 0) is 51.8 Å². The summed E-state index contributed by atoms with van der Waals surface area (Å²) in [5.74, 6) is 1.46. The Morgan fingerprint density at radius 1 is 1.23 bits per heavy atom. The highest BCUT2D eigenvalue weighted by Crippen LogP contribution is 2.26. The molecule has 8 nitrogen and oxygen atoms in total. The van der Waals surface area contributed by atoms with Crippen LogP contribution in [0.4, 0.5) is 4.79 Å². The summed E-state index contributed by atoms with van der Waals surface area (Å²) in [6.45, 7) is 7.31. The van der Waals surface area contributed by atoms with Crippen LogP contribution in [0.15, 0.2) is 18.2 Å². The van der Waals surface area contributed by atoms with Gasteiger partial charge in [-0.3, -0.25) is 0 Å². The third-order valence-electron chi connectivity index (χ3n) is 5.98. The predicted molar refractivity (Wildman–Crippen MR) is 119 cm³/mol. The van der Waals surface area contributed by atoms with E-state index in [0.29, 0.717) is 38.8 Å². The van der Waals surface area contributed by atoms with Gasteiger partial charge in [0.05, 0.1) is 13.7 Å². The molecule has 2 saturated heterocycles. The smallest absolute Gasteiger partial charge is 0.409 e. The van der Waals surface area contributed by atoms with Crippen LogP contribution < -0.4 is 14.8 Å². The zero-order chi connectivity index (χ0) is 22.1. The predicted octanol–water partition coefficient (Wildman–Crippen LogP) is 2.24. The summed E-state index contributed by atoms with van der Waals surface area (Å²) in [5, 5.41) is 14.0. The van der Waals surface area contributed by atoms with E-state index in [1.807, 2.05) is 25.1 Å². The molecule has 2 N–H and O–H groups in total. The van der Waals surface area contributed by atoms with Gasteiger partial charge in [0, 0.05) is 43.9 Å². The molecule has 0 radical (unpaired) electrons. The first-order valence-corrected chi connectivity index (χ1v) is 11.4. The van der Waals surface area contributed by atoms with E-state index in [2.05, 4.69) is 10.2 Å². The molecule has 2 aliphatic rings. The van der Waals surface area contributed by atoms with Crippen LogP contribution in [-0.4, -0.2) is 86.2 Å². The van der Waals surface area contributed by atoms with E-state index in [-0.39, 0.29) is 12.7 Å². The van der Waals surface area contributed by atoms with Crippen LogP contribution in [0, 0.1) is 0 Å². The Balaban J connectivity index is 1.49. The fourth-order valence-electron chi connectivity index (χ4n) is 4.18. The Morgan fingerprint density at radius 3 is 2.65 bits per heavy atom. The van der Waals surface area contributed by atoms with Crippen molar-refractivity contribution in [1.29, 1.82) is 0 Å². The van der Waals surface area contributed by atoms with Gasteiger partial charge in [-0.1, -0.05) is 6.07 Å². The monoisotopic (exact) mass is 435 g/mol. The third kappa shape index (κ3) is 7.26. The molecule has 0 unspecified atom stereocenters. The van der Waals surface area contributed by atoms with E-state index < -0.39 is 6.10 Å². The summed E-state index contributed by atoms with van der Waals surface area (Å²) in [4.78, 5) is 15.9. The van der Waals surface area contributed by atoms with Gasteiger partial charge < -0.3 is 34.4 Å². The summed E-state index contributed by atoms with van der Waals surface area (Å²) >= 11 is 0. The number of hydrogen-bond donors (Lipinski definition) is 2. The Labute approximate surface area is 185 Å². The molecule has 1 aromatic rings. The maximum atomic E-state index is 11.9. The average molecular weight is 436 g/mol. The van der Waals surface area contributed by atoms with Gasteiger partial charge in [0.2, 0.25) is 0 Å². The van der Waals surface area contributed by atoms with Crippen molar-refractivity contribution in [2.24, 2.45) is 0 Å². The lowest BCUT2D eigenvalue weighted by Crippen LogP contribution is -2.44. The summed E-state index contributed by atoms with van der Waals surface area (Å²) in [6.07, 6.45) is 3.45. The molecular weight excluding hydrogens is 398 g/mol. The maximum Gasteiger partial charge on any atom is 0.409 e. The van der Waals surface area contributed by atoms with Crippen LogP contribution in [0.3, 0.4) is 0 Å². The van der Waals surface area contributed by atoms with Crippen molar-refractivity contribution in [2.45, 2.75) is 51.3 Å². The fraction of sp³-hybridized carbons (Fsp3) is 0.696. The van der Waals surface area contributed by atoms with Crippen molar-refractivity contribution in [2.75, 3.05) is 53.0 Å². The van der Waals surface area contributed by atoms with Crippen LogP contribution in [0.25, 0.3) is 0 Å². The number of piperidine rings is 1. The second kappa shape index (κ2) is 12.1. The number of β-amino-alcohol motifs (C(OH)–C–C–N with tert-alkyl or cyclic N) is 1. The van der Waals surface area contributed by atoms with Crippen LogP contribution in [0.1, 0.15) is 38.2 Å². The second-order valence-corrected chi connectivity index (χ2v) is 8.29. The summed E-state index contributed by atoms with van der Waals surface area (Å²) < 4.78 is 16.4. The maximum absolute atomic E-state index is 11.9. The Morgan fingerprint density at radius 2 is 1.97 bits per heavy atom. The zero-order valence-corrected chi connectivity index (χ0v) is 18.8. The minimum atomic E-state index is -0.516. The standard InChI is InChI=1S/C23H37N3O5/c1-3-30-23(28)26-12-8-19(9-13-26)24-15-18-6-7-21(29-2)14-22(18)31-17-20(27)16-25-10-4-5-11-25/h6-7,14,19-20,24,27H,3-5,8-13,15-17H2,1-2H3/t20-/m1/s1. The highest BCUT2D eigenvalue weighted by molar-refractivity contribution is 5.67. The average Bonchev–Trinajstić information content (AvgIpc) is 3.30. The number of benzene rings is 1. The van der Waals surface area contributed by atoms with E-state index >= 15 is 0 Å². The fourth-order valence-corrected chi connectivity index (χ4v) is 4.18. The molecule has 2 aliphatic heterocycles. The Kier molecular flexibility index (Phi) is 9.24. The highest BCUT2D eigenvalue weighted by atomic mass is 16.6. The number of carbonyl (C=O) groups excluding carboxylic acids is 1. The van der Waals surface area contributed by atoms with Gasteiger partial charge in [0.25, 0.3) is 0 Å². The van der Waals surface area contributed by atoms with Gasteiger partial charge in [-0.25, -0.2) is 4.79 Å². The molecule has 0 saturated carbocycles. The van der Waals surface area contributed by atoms with E-state index in [1.165, 1.54) is 12.8 Å². The molecule has 2 fully saturated rings. The van der Waals surface area contributed by atoms with Gasteiger partial charge in [0.15, 0.2) is 0 Å². The molecule has 1 amide bonds. The molecule has 31 heavy (non-hydrogen) atoms. The zero-order valence-electron chi connectivity index (χ0n) is 18.8. The number of carbonyl (C=O) groups is 1. The molecule has 0 aliphatic carbocycles. The molecule has 1 aromatic carbocycles. The largest absolute Gasteiger partial charge is 0.497 e. The molecular formula is C23H37N3O5. The Hall–Kier alpha value is -2.03. The third-order valence-corrected chi connectivity index (χ3v) is 5.98. The first-order valence-electron chi connectivity index (χ1n) is 11.4. The lowest BCUT2D eigenvalue weighted by Gasteiger charge is -2.32. The minimum absolute atomic E-state index is 0.223. The highest BCUT2D eigenvalue weighted by Gasteiger charge is 2.23. The molecule has 1 atom stereocenters. The van der Waals surface area contributed by atoms with Gasteiger partial charge in [0.1, 0.15) is 24.2 Å². The van der Waals surface area contributed by atoms with E-state index in [0.717, 1.165) is 43.0 Å². The van der Waals surface area contributed by atoms with Crippen LogP contribution in [0.2, 0.25) is 0 Å². The van der Waals surface area contributed by atoms with Gasteiger partial charge in [-0.15, -0.1) is 0 Å².